The largest absolute Gasteiger partial charge is 0.192 e. The minimum Gasteiger partial charge on any atom is -0.192 e. The van der Waals surface area contributed by atoms with Crippen molar-refractivity contribution in [1.29, 1.82) is 21.0 Å². The van der Waals surface area contributed by atoms with Crippen molar-refractivity contribution in [2.24, 2.45) is 0 Å². The van der Waals surface area contributed by atoms with Crippen molar-refractivity contribution in [1.82, 2.24) is 0 Å². The van der Waals surface area contributed by atoms with Crippen LogP contribution in [-0.4, -0.2) is 0 Å². The lowest BCUT2D eigenvalue weighted by molar-refractivity contribution is 0.557. The van der Waals surface area contributed by atoms with E-state index >= 15 is 0 Å². The molecule has 0 spiro atoms. The number of hydrogen-bond acceptors (Lipinski definition) is 6. The van der Waals surface area contributed by atoms with E-state index in [4.69, 9.17) is 0 Å². The van der Waals surface area contributed by atoms with Gasteiger partial charge in [-0.05, 0) is 49.9 Å². The highest BCUT2D eigenvalue weighted by Gasteiger charge is 2.17. The molecule has 2 aromatic heterocycles. The maximum atomic E-state index is 9.96. The van der Waals surface area contributed by atoms with E-state index in [-0.39, 0.29) is 11.1 Å². The Morgan fingerprint density at radius 3 is 1.02 bits per heavy atom. The van der Waals surface area contributed by atoms with Gasteiger partial charge < -0.3 is 0 Å². The van der Waals surface area contributed by atoms with Gasteiger partial charge in [-0.2, -0.15) is 21.0 Å². The zero-order valence-corrected chi connectivity index (χ0v) is 32.1. The fourth-order valence-corrected chi connectivity index (χ4v) is 9.67. The van der Waals surface area contributed by atoms with Crippen molar-refractivity contribution in [3.8, 4) is 24.3 Å². The molecule has 0 aliphatic heterocycles. The monoisotopic (exact) mass is 702 g/mol. The number of fused-ring (bicyclic) bond motifs is 5. The van der Waals surface area contributed by atoms with Crippen LogP contribution in [-0.2, 0) is 12.8 Å². The normalized spacial score (nSPS) is 11.1. The second kappa shape index (κ2) is 21.5. The molecule has 0 radical (unpaired) electrons. The van der Waals surface area contributed by atoms with Gasteiger partial charge in [-0.25, -0.2) is 0 Å². The Kier molecular flexibility index (Phi) is 16.8. The van der Waals surface area contributed by atoms with E-state index in [2.05, 4.69) is 50.3 Å². The number of thiophene rings is 2. The molecule has 4 nitrogen and oxygen atoms in total. The Morgan fingerprint density at radius 2 is 0.720 bits per heavy atom. The van der Waals surface area contributed by atoms with Gasteiger partial charge in [0, 0.05) is 51.1 Å². The summed E-state index contributed by atoms with van der Waals surface area (Å²) in [5.41, 5.74) is 0.252. The fourth-order valence-electron chi connectivity index (χ4n) is 7.18. The van der Waals surface area contributed by atoms with Crippen LogP contribution in [0.5, 0.6) is 0 Å². The molecule has 6 heteroatoms. The van der Waals surface area contributed by atoms with Crippen LogP contribution in [0.3, 0.4) is 0 Å². The lowest BCUT2D eigenvalue weighted by Gasteiger charge is -2.05. The molecule has 50 heavy (non-hydrogen) atoms. The number of rotatable bonds is 22. The summed E-state index contributed by atoms with van der Waals surface area (Å²) in [6.45, 7) is 4.52. The second-order valence-corrected chi connectivity index (χ2v) is 16.2. The molecule has 4 rings (SSSR count). The summed E-state index contributed by atoms with van der Waals surface area (Å²) in [5.74, 6) is 0. The Morgan fingerprint density at radius 1 is 0.420 bits per heavy atom. The minimum atomic E-state index is 0.126. The Bertz CT molecular complexity index is 1820. The van der Waals surface area contributed by atoms with Gasteiger partial charge in [-0.3, -0.25) is 0 Å². The first-order chi connectivity index (χ1) is 24.6. The average molecular weight is 703 g/mol. The third-order valence-electron chi connectivity index (χ3n) is 10.0. The number of aryl methyl sites for hydroxylation is 2. The van der Waals surface area contributed by atoms with E-state index < -0.39 is 0 Å². The summed E-state index contributed by atoms with van der Waals surface area (Å²) in [7, 11) is 0. The zero-order valence-electron chi connectivity index (χ0n) is 30.5. The van der Waals surface area contributed by atoms with Gasteiger partial charge in [-0.1, -0.05) is 129 Å². The number of nitriles is 4. The van der Waals surface area contributed by atoms with E-state index in [1.165, 1.54) is 125 Å². The van der Waals surface area contributed by atoms with E-state index in [0.717, 1.165) is 56.6 Å². The van der Waals surface area contributed by atoms with Gasteiger partial charge in [0.1, 0.15) is 35.4 Å². The highest BCUT2D eigenvalue weighted by Crippen LogP contribution is 2.37. The molecule has 0 bridgehead atoms. The molecule has 0 saturated heterocycles. The Balaban J connectivity index is 1.60. The number of unbranched alkanes of at least 4 members (excludes halogenated alkanes) is 18. The molecule has 262 valence electrons. The van der Waals surface area contributed by atoms with Crippen molar-refractivity contribution in [2.75, 3.05) is 0 Å². The molecule has 2 heterocycles. The lowest BCUT2D eigenvalue weighted by Crippen LogP contribution is -2.09. The second-order valence-electron chi connectivity index (χ2n) is 13.9. The molecule has 0 saturated carbocycles. The third kappa shape index (κ3) is 10.7. The fraction of sp³-hybridized carbons (Fsp3) is 0.545. The first-order valence-electron chi connectivity index (χ1n) is 19.4. The van der Waals surface area contributed by atoms with Crippen LogP contribution >= 0.6 is 22.7 Å². The molecule has 0 atom stereocenters. The first kappa shape index (κ1) is 39.1. The molecule has 0 amide bonds. The Labute approximate surface area is 308 Å². The summed E-state index contributed by atoms with van der Waals surface area (Å²) in [5, 5.41) is 45.1. The van der Waals surface area contributed by atoms with Crippen LogP contribution < -0.4 is 10.4 Å². The molecule has 0 aliphatic carbocycles. The van der Waals surface area contributed by atoms with Crippen molar-refractivity contribution >= 4 is 64.8 Å². The summed E-state index contributed by atoms with van der Waals surface area (Å²) < 4.78 is 2.07. The van der Waals surface area contributed by atoms with Crippen LogP contribution in [0.15, 0.2) is 24.3 Å². The highest BCUT2D eigenvalue weighted by molar-refractivity contribution is 7.21. The number of benzene rings is 2. The topological polar surface area (TPSA) is 95.2 Å². The van der Waals surface area contributed by atoms with Crippen molar-refractivity contribution in [2.45, 2.75) is 155 Å². The van der Waals surface area contributed by atoms with Gasteiger partial charge >= 0.3 is 0 Å². The van der Waals surface area contributed by atoms with Crippen LogP contribution in [0.25, 0.3) is 42.1 Å². The van der Waals surface area contributed by atoms with Gasteiger partial charge in [0.05, 0.1) is 0 Å². The van der Waals surface area contributed by atoms with Crippen molar-refractivity contribution in [3.05, 3.63) is 44.5 Å². The van der Waals surface area contributed by atoms with Crippen LogP contribution in [0.4, 0.5) is 0 Å². The van der Waals surface area contributed by atoms with E-state index in [0.29, 0.717) is 10.4 Å². The predicted molar refractivity (Wildman–Crippen MR) is 214 cm³/mol. The van der Waals surface area contributed by atoms with E-state index in [1.54, 1.807) is 22.7 Å². The average Bonchev–Trinajstić information content (AvgIpc) is 3.76. The summed E-state index contributed by atoms with van der Waals surface area (Å²) >= 11 is 3.47. The van der Waals surface area contributed by atoms with Crippen LogP contribution in [0.1, 0.15) is 152 Å². The maximum absolute atomic E-state index is 9.96. The van der Waals surface area contributed by atoms with Crippen LogP contribution in [0, 0.1) is 45.3 Å². The maximum Gasteiger partial charge on any atom is 0.137 e. The summed E-state index contributed by atoms with van der Waals surface area (Å²) in [6, 6.07) is 17.0. The van der Waals surface area contributed by atoms with Crippen molar-refractivity contribution in [3.63, 3.8) is 0 Å². The van der Waals surface area contributed by atoms with Gasteiger partial charge in [0.15, 0.2) is 0 Å². The molecule has 4 aromatic rings. The van der Waals surface area contributed by atoms with E-state index in [9.17, 15) is 21.0 Å². The van der Waals surface area contributed by atoms with Gasteiger partial charge in [0.2, 0.25) is 0 Å². The van der Waals surface area contributed by atoms with Gasteiger partial charge in [0.25, 0.3) is 0 Å². The van der Waals surface area contributed by atoms with Crippen molar-refractivity contribution < 1.29 is 0 Å². The smallest absolute Gasteiger partial charge is 0.137 e. The molecule has 0 unspecified atom stereocenters. The third-order valence-corrected chi connectivity index (χ3v) is 12.5. The number of hydrogen-bond donors (Lipinski definition) is 0. The van der Waals surface area contributed by atoms with Crippen LogP contribution in [0.2, 0.25) is 0 Å². The first-order valence-corrected chi connectivity index (χ1v) is 21.0. The minimum absolute atomic E-state index is 0.126. The zero-order chi connectivity index (χ0) is 35.6. The number of nitrogens with zero attached hydrogens (tertiary/aromatic N) is 4. The Hall–Kier alpha value is -3.68. The molecule has 0 N–H and O–H groups in total. The predicted octanol–water partition coefficient (Wildman–Crippen LogP) is 12.6. The standard InChI is InChI=1S/C44H54N4S2/c1-3-5-7-9-11-13-15-17-19-21-23-35-25-39-37(33(29-45)30-46)27-42-41(43(39)49-35)28-38(34(31-47)32-48)40-26-36(50-44(40)42)24-22-20-18-16-14-12-10-8-6-4-2/h25-28H,3-24H2,1-2H3. The van der Waals surface area contributed by atoms with Gasteiger partial charge in [-0.15, -0.1) is 22.7 Å². The quantitative estimate of drug-likeness (QED) is 0.0762. The summed E-state index contributed by atoms with van der Waals surface area (Å²) in [4.78, 5) is 2.51. The molecule has 0 fully saturated rings. The SMILES string of the molecule is CCCCCCCCCCCCc1cc2c(=C(C#N)C#N)cc3c(cc(=C(C#N)C#N)c4cc(CCCCCCCCCCCC)sc43)c2s1. The molecule has 0 aliphatic rings. The van der Waals surface area contributed by atoms with E-state index in [1.807, 2.05) is 12.1 Å². The molecule has 2 aromatic carbocycles. The summed E-state index contributed by atoms with van der Waals surface area (Å²) in [6.07, 6.45) is 27.8. The molecular weight excluding hydrogens is 649 g/mol. The molecular formula is C44H54N4S2. The highest BCUT2D eigenvalue weighted by atomic mass is 32.1. The lowest BCUT2D eigenvalue weighted by atomic mass is 9.99.